The summed E-state index contributed by atoms with van der Waals surface area (Å²) in [7, 11) is 2.99. The lowest BCUT2D eigenvalue weighted by Crippen LogP contribution is -2.07. The van der Waals surface area contributed by atoms with E-state index in [-0.39, 0.29) is 5.97 Å². The van der Waals surface area contributed by atoms with Crippen molar-refractivity contribution < 1.29 is 23.7 Å². The minimum Gasteiger partial charge on any atom is -0.496 e. The molecule has 0 N–H and O–H groups in total. The normalized spacial score (nSPS) is 10.2. The van der Waals surface area contributed by atoms with E-state index in [1.54, 1.807) is 31.4 Å². The molecule has 0 saturated carbocycles. The molecule has 2 aromatic carbocycles. The Balaban J connectivity index is 1.72. The SMILES string of the molecule is COC(=O)c1ccc(OCCOCc2ccccc2OC)cc1. The molecule has 2 rings (SSSR count). The number of para-hydroxylation sites is 1. The number of esters is 1. The van der Waals surface area contributed by atoms with Crippen molar-refractivity contribution in [3.63, 3.8) is 0 Å². The molecule has 0 radical (unpaired) electrons. The van der Waals surface area contributed by atoms with Crippen LogP contribution in [0, 0.1) is 0 Å². The van der Waals surface area contributed by atoms with Gasteiger partial charge in [-0.2, -0.15) is 0 Å². The maximum atomic E-state index is 11.3. The van der Waals surface area contributed by atoms with Gasteiger partial charge in [0.25, 0.3) is 0 Å². The number of hydrogen-bond donors (Lipinski definition) is 0. The molecule has 0 unspecified atom stereocenters. The van der Waals surface area contributed by atoms with Crippen molar-refractivity contribution >= 4 is 5.97 Å². The number of methoxy groups -OCH3 is 2. The van der Waals surface area contributed by atoms with Crippen molar-refractivity contribution in [2.24, 2.45) is 0 Å². The first-order valence-corrected chi connectivity index (χ1v) is 7.25. The third-order valence-corrected chi connectivity index (χ3v) is 3.22. The van der Waals surface area contributed by atoms with Crippen LogP contribution in [0.3, 0.4) is 0 Å². The van der Waals surface area contributed by atoms with Gasteiger partial charge in [-0.3, -0.25) is 0 Å². The lowest BCUT2D eigenvalue weighted by Gasteiger charge is -2.10. The summed E-state index contributed by atoms with van der Waals surface area (Å²) in [6.07, 6.45) is 0. The van der Waals surface area contributed by atoms with Crippen molar-refractivity contribution in [2.75, 3.05) is 27.4 Å². The topological polar surface area (TPSA) is 54.0 Å². The molecule has 0 aliphatic rings. The van der Waals surface area contributed by atoms with Gasteiger partial charge in [0.05, 0.1) is 33.0 Å². The summed E-state index contributed by atoms with van der Waals surface area (Å²) in [5.74, 6) is 1.13. The van der Waals surface area contributed by atoms with E-state index in [1.165, 1.54) is 7.11 Å². The van der Waals surface area contributed by atoms with E-state index >= 15 is 0 Å². The average molecular weight is 316 g/mol. The third kappa shape index (κ3) is 5.00. The van der Waals surface area contributed by atoms with Gasteiger partial charge in [-0.05, 0) is 30.3 Å². The summed E-state index contributed by atoms with van der Waals surface area (Å²) < 4.78 is 21.0. The van der Waals surface area contributed by atoms with E-state index in [0.717, 1.165) is 11.3 Å². The molecular weight excluding hydrogens is 296 g/mol. The van der Waals surface area contributed by atoms with Crippen LogP contribution in [0.2, 0.25) is 0 Å². The Bertz CT molecular complexity index is 622. The van der Waals surface area contributed by atoms with E-state index in [0.29, 0.717) is 31.1 Å². The first-order chi connectivity index (χ1) is 11.2. The molecule has 5 heteroatoms. The van der Waals surface area contributed by atoms with Gasteiger partial charge in [0.15, 0.2) is 0 Å². The number of carbonyl (C=O) groups excluding carboxylic acids is 1. The van der Waals surface area contributed by atoms with Gasteiger partial charge >= 0.3 is 5.97 Å². The van der Waals surface area contributed by atoms with Gasteiger partial charge in [-0.1, -0.05) is 18.2 Å². The van der Waals surface area contributed by atoms with Gasteiger partial charge in [0, 0.05) is 5.56 Å². The highest BCUT2D eigenvalue weighted by atomic mass is 16.5. The summed E-state index contributed by atoms with van der Waals surface area (Å²) >= 11 is 0. The minimum absolute atomic E-state index is 0.364. The first-order valence-electron chi connectivity index (χ1n) is 7.25. The highest BCUT2D eigenvalue weighted by molar-refractivity contribution is 5.89. The van der Waals surface area contributed by atoms with Crippen LogP contribution in [0.4, 0.5) is 0 Å². The van der Waals surface area contributed by atoms with E-state index in [4.69, 9.17) is 14.2 Å². The monoisotopic (exact) mass is 316 g/mol. The first kappa shape index (κ1) is 16.8. The predicted molar refractivity (Wildman–Crippen MR) is 85.9 cm³/mol. The fourth-order valence-electron chi connectivity index (χ4n) is 2.03. The molecule has 0 amide bonds. The fraction of sp³-hybridized carbons (Fsp3) is 0.278. The molecule has 0 aliphatic carbocycles. The molecule has 0 atom stereocenters. The Kier molecular flexibility index (Phi) is 6.44. The average Bonchev–Trinajstić information content (AvgIpc) is 2.61. The van der Waals surface area contributed by atoms with Crippen LogP contribution >= 0.6 is 0 Å². The van der Waals surface area contributed by atoms with Crippen LogP contribution in [0.1, 0.15) is 15.9 Å². The third-order valence-electron chi connectivity index (χ3n) is 3.22. The van der Waals surface area contributed by atoms with Crippen molar-refractivity contribution in [1.82, 2.24) is 0 Å². The molecule has 0 spiro atoms. The summed E-state index contributed by atoms with van der Waals surface area (Å²) in [5.41, 5.74) is 1.49. The highest BCUT2D eigenvalue weighted by Crippen LogP contribution is 2.18. The molecule has 23 heavy (non-hydrogen) atoms. The van der Waals surface area contributed by atoms with E-state index in [2.05, 4.69) is 4.74 Å². The molecule has 122 valence electrons. The number of carbonyl (C=O) groups is 1. The predicted octanol–water partition coefficient (Wildman–Crippen LogP) is 3.08. The second-order valence-corrected chi connectivity index (χ2v) is 4.73. The molecule has 5 nitrogen and oxygen atoms in total. The van der Waals surface area contributed by atoms with E-state index < -0.39 is 0 Å². The molecule has 2 aromatic rings. The van der Waals surface area contributed by atoms with Crippen LogP contribution < -0.4 is 9.47 Å². The van der Waals surface area contributed by atoms with Crippen LogP contribution in [0.15, 0.2) is 48.5 Å². The highest BCUT2D eigenvalue weighted by Gasteiger charge is 2.05. The molecule has 0 aliphatic heterocycles. The van der Waals surface area contributed by atoms with Gasteiger partial charge in [-0.25, -0.2) is 4.79 Å². The maximum absolute atomic E-state index is 11.3. The van der Waals surface area contributed by atoms with Gasteiger partial charge < -0.3 is 18.9 Å². The Labute approximate surface area is 135 Å². The summed E-state index contributed by atoms with van der Waals surface area (Å²) in [6.45, 7) is 1.35. The lowest BCUT2D eigenvalue weighted by molar-refractivity contribution is 0.0600. The van der Waals surface area contributed by atoms with Crippen molar-refractivity contribution in [1.29, 1.82) is 0 Å². The van der Waals surface area contributed by atoms with Crippen molar-refractivity contribution in [3.8, 4) is 11.5 Å². The van der Waals surface area contributed by atoms with Crippen LogP contribution in [0.5, 0.6) is 11.5 Å². The molecular formula is C18H20O5. The second-order valence-electron chi connectivity index (χ2n) is 4.73. The van der Waals surface area contributed by atoms with Crippen LogP contribution in [0.25, 0.3) is 0 Å². The Hall–Kier alpha value is -2.53. The zero-order valence-corrected chi connectivity index (χ0v) is 13.3. The van der Waals surface area contributed by atoms with Crippen molar-refractivity contribution in [2.45, 2.75) is 6.61 Å². The molecule has 0 saturated heterocycles. The molecule has 0 aromatic heterocycles. The lowest BCUT2D eigenvalue weighted by atomic mass is 10.2. The quantitative estimate of drug-likeness (QED) is 0.553. The zero-order chi connectivity index (χ0) is 16.5. The number of rotatable bonds is 8. The number of benzene rings is 2. The van der Waals surface area contributed by atoms with Crippen molar-refractivity contribution in [3.05, 3.63) is 59.7 Å². The summed E-state index contributed by atoms with van der Waals surface area (Å²) in [6, 6.07) is 14.5. The Morgan fingerprint density at radius 3 is 2.39 bits per heavy atom. The van der Waals surface area contributed by atoms with E-state index in [9.17, 15) is 4.79 Å². The standard InChI is InChI=1S/C18H20O5/c1-20-17-6-4-3-5-15(17)13-22-11-12-23-16-9-7-14(8-10-16)18(19)21-2/h3-10H,11-13H2,1-2H3. The fourth-order valence-corrected chi connectivity index (χ4v) is 2.03. The van der Waals surface area contributed by atoms with Crippen LogP contribution in [-0.2, 0) is 16.1 Å². The van der Waals surface area contributed by atoms with E-state index in [1.807, 2.05) is 24.3 Å². The second kappa shape index (κ2) is 8.80. The molecule has 0 fully saturated rings. The minimum atomic E-state index is -0.364. The number of hydrogen-bond acceptors (Lipinski definition) is 5. The smallest absolute Gasteiger partial charge is 0.337 e. The summed E-state index contributed by atoms with van der Waals surface area (Å²) in [4.78, 5) is 11.3. The number of ether oxygens (including phenoxy) is 4. The summed E-state index contributed by atoms with van der Waals surface area (Å²) in [5, 5.41) is 0. The molecule has 0 bridgehead atoms. The van der Waals surface area contributed by atoms with Gasteiger partial charge in [0.2, 0.25) is 0 Å². The largest absolute Gasteiger partial charge is 0.496 e. The maximum Gasteiger partial charge on any atom is 0.337 e. The van der Waals surface area contributed by atoms with Gasteiger partial charge in [-0.15, -0.1) is 0 Å². The molecule has 0 heterocycles. The zero-order valence-electron chi connectivity index (χ0n) is 13.3. The van der Waals surface area contributed by atoms with Gasteiger partial charge in [0.1, 0.15) is 18.1 Å². The van der Waals surface area contributed by atoms with Crippen LogP contribution in [-0.4, -0.2) is 33.4 Å². The Morgan fingerprint density at radius 2 is 1.70 bits per heavy atom. The Morgan fingerprint density at radius 1 is 0.957 bits per heavy atom.